The molecule has 8 aliphatic rings. The average Bonchev–Trinajstić information content (AvgIpc) is 0.891. The third kappa shape index (κ3) is 17.4. The highest BCUT2D eigenvalue weighted by Crippen LogP contribution is 2.51. The van der Waals surface area contributed by atoms with E-state index in [4.69, 9.17) is 67.8 Å². The molecule has 0 spiro atoms. The summed E-state index contributed by atoms with van der Waals surface area (Å²) in [5.74, 6) is -17.0. The van der Waals surface area contributed by atoms with Gasteiger partial charge in [0.1, 0.15) is 96.0 Å². The Hall–Kier alpha value is -10.7. The Kier molecular flexibility index (Phi) is 25.1. The van der Waals surface area contributed by atoms with Crippen molar-refractivity contribution in [3.63, 3.8) is 0 Å². The van der Waals surface area contributed by atoms with Crippen LogP contribution in [0, 0.1) is 5.92 Å². The van der Waals surface area contributed by atoms with Crippen LogP contribution in [0.2, 0.25) is 10.0 Å². The van der Waals surface area contributed by atoms with Gasteiger partial charge < -0.3 is 122 Å². The highest BCUT2D eigenvalue weighted by molar-refractivity contribution is 14.1. The summed E-state index contributed by atoms with van der Waals surface area (Å²) in [5.41, 5.74) is 11.8. The minimum atomic E-state index is -2.38. The van der Waals surface area contributed by atoms with Crippen LogP contribution in [0.15, 0.2) is 127 Å². The molecule has 0 aromatic heterocycles. The summed E-state index contributed by atoms with van der Waals surface area (Å²) in [6.07, 6.45) is -19.0. The first-order chi connectivity index (χ1) is 56.0. The van der Waals surface area contributed by atoms with Crippen LogP contribution in [-0.2, 0) is 57.3 Å². The molecule has 2 saturated heterocycles. The topological polar surface area (TPSA) is 528 Å². The number of phenols is 3. The molecule has 7 aromatic carbocycles. The van der Waals surface area contributed by atoms with E-state index in [1.807, 2.05) is 71.1 Å². The molecule has 7 aromatic rings. The number of halogens is 3. The number of aliphatic carboxylic acids is 1. The van der Waals surface area contributed by atoms with Gasteiger partial charge in [0, 0.05) is 52.1 Å². The zero-order valence-corrected chi connectivity index (χ0v) is 67.1. The minimum Gasteiger partial charge on any atom is -0.508 e. The molecular formula is C81H84Cl2IN9O25. The number of aromatic hydroxyl groups is 3. The van der Waals surface area contributed by atoms with E-state index in [0.717, 1.165) is 93.9 Å². The number of alkyl halides is 1. The molecule has 624 valence electrons. The number of amides is 8. The lowest BCUT2D eigenvalue weighted by Crippen LogP contribution is -2.64. The van der Waals surface area contributed by atoms with Gasteiger partial charge in [0.2, 0.25) is 53.4 Å². The van der Waals surface area contributed by atoms with Crippen LogP contribution in [0.25, 0.3) is 22.3 Å². The summed E-state index contributed by atoms with van der Waals surface area (Å²) >= 11 is 16.2. The molecule has 19 N–H and O–H groups in total. The molecular weight excluding hydrogens is 1700 g/mol. The van der Waals surface area contributed by atoms with Gasteiger partial charge in [-0.2, -0.15) is 0 Å². The zero-order valence-electron chi connectivity index (χ0n) is 63.4. The maximum Gasteiger partial charge on any atom is 0.410 e. The van der Waals surface area contributed by atoms with Crippen molar-refractivity contribution < 1.29 is 122 Å². The van der Waals surface area contributed by atoms with Gasteiger partial charge in [0.25, 0.3) is 0 Å². The molecule has 1 aliphatic carbocycles. The predicted molar refractivity (Wildman–Crippen MR) is 425 cm³/mol. The number of ether oxygens (including phenoxy) is 7. The van der Waals surface area contributed by atoms with E-state index in [2.05, 4.69) is 31.9 Å². The van der Waals surface area contributed by atoms with E-state index in [-0.39, 0.29) is 58.0 Å². The summed E-state index contributed by atoms with van der Waals surface area (Å²) in [6, 6.07) is 13.8. The largest absolute Gasteiger partial charge is 0.508 e. The number of carboxylic acids is 1. The fraction of sp³-hybridized carbons (Fsp3) is 0.370. The predicted octanol–water partition coefficient (Wildman–Crippen LogP) is 5.21. The zero-order chi connectivity index (χ0) is 84.9. The summed E-state index contributed by atoms with van der Waals surface area (Å²) in [7, 11) is 1.30. The first kappa shape index (κ1) is 85.2. The first-order valence-corrected chi connectivity index (χ1v) is 39.6. The Labute approximate surface area is 696 Å². The normalized spacial score (nSPS) is 27.2. The van der Waals surface area contributed by atoms with Crippen molar-refractivity contribution in [2.45, 2.75) is 162 Å². The Morgan fingerprint density at radius 2 is 1.26 bits per heavy atom. The van der Waals surface area contributed by atoms with Crippen molar-refractivity contribution in [2.24, 2.45) is 17.4 Å². The fourth-order valence-corrected chi connectivity index (χ4v) is 16.5. The number of nitrogens with zero attached hydrogens (tertiary/aromatic N) is 1. The van der Waals surface area contributed by atoms with Gasteiger partial charge in [-0.1, -0.05) is 126 Å². The lowest BCUT2D eigenvalue weighted by Gasteiger charge is -2.47. The highest BCUT2D eigenvalue weighted by Gasteiger charge is 2.52. The Morgan fingerprint density at radius 1 is 0.669 bits per heavy atom. The number of carbonyl (C=O) groups excluding carboxylic acids is 8. The van der Waals surface area contributed by atoms with Crippen molar-refractivity contribution in [3.05, 3.63) is 176 Å². The number of phenolic OH excluding ortho intramolecular Hbond substituents is 3. The second-order valence-corrected chi connectivity index (χ2v) is 32.0. The Morgan fingerprint density at radius 3 is 1.86 bits per heavy atom. The number of nitrogens with two attached hydrogens (primary N) is 2. The summed E-state index contributed by atoms with van der Waals surface area (Å²) < 4.78 is 45.1. The van der Waals surface area contributed by atoms with Crippen LogP contribution in [0.1, 0.15) is 122 Å². The van der Waals surface area contributed by atoms with E-state index < -0.39 is 242 Å². The molecule has 18 atom stereocenters. The maximum absolute atomic E-state index is 16.3. The number of fused-ring (bicyclic) bond motifs is 18. The minimum absolute atomic E-state index is 0.0254. The second-order valence-electron chi connectivity index (χ2n) is 30.3. The Balaban J connectivity index is 0.973. The smallest absolute Gasteiger partial charge is 0.410 e. The molecule has 34 nitrogen and oxygen atoms in total. The number of primary amides is 1. The number of carboxylic acid groups (broad SMARTS) is 1. The summed E-state index contributed by atoms with van der Waals surface area (Å²) in [5, 5.41) is 119. The van der Waals surface area contributed by atoms with Gasteiger partial charge >= 0.3 is 12.1 Å². The van der Waals surface area contributed by atoms with Crippen LogP contribution in [-0.4, -0.2) is 201 Å². The lowest BCUT2D eigenvalue weighted by atomic mass is 9.86. The molecule has 118 heavy (non-hydrogen) atoms. The molecule has 0 radical (unpaired) electrons. The van der Waals surface area contributed by atoms with Crippen LogP contribution >= 0.6 is 45.8 Å². The van der Waals surface area contributed by atoms with Crippen LogP contribution in [0.3, 0.4) is 0 Å². The number of rotatable bonds is 15. The molecule has 8 amide bonds. The number of nitrogens with one attached hydrogen (secondary N) is 6. The number of likely N-dealkylation sites (N-methyl/N-ethyl adjacent to an activating group) is 1. The van der Waals surface area contributed by atoms with Gasteiger partial charge in [-0.05, 0) is 125 Å². The monoisotopic (exact) mass is 1780 g/mol. The molecule has 11 bridgehead atoms. The number of aliphatic hydroxyl groups excluding tert-OH is 5. The molecule has 2 fully saturated rings. The number of carbonyl (C=O) groups is 9. The molecule has 9 unspecified atom stereocenters. The van der Waals surface area contributed by atoms with E-state index in [0.29, 0.717) is 0 Å². The third-order valence-corrected chi connectivity index (χ3v) is 22.9. The number of aliphatic hydroxyl groups is 5. The molecule has 7 heterocycles. The van der Waals surface area contributed by atoms with E-state index in [1.54, 1.807) is 13.8 Å². The number of hydrogen-bond donors (Lipinski definition) is 17. The lowest BCUT2D eigenvalue weighted by molar-refractivity contribution is -0.328. The highest BCUT2D eigenvalue weighted by atomic mass is 127. The first-order valence-electron chi connectivity index (χ1n) is 37.3. The van der Waals surface area contributed by atoms with Gasteiger partial charge in [-0.25, -0.2) is 9.59 Å². The van der Waals surface area contributed by atoms with Crippen molar-refractivity contribution in [1.82, 2.24) is 36.8 Å². The van der Waals surface area contributed by atoms with E-state index in [9.17, 15) is 65.1 Å². The van der Waals surface area contributed by atoms with Gasteiger partial charge in [0.15, 0.2) is 29.9 Å². The quantitative estimate of drug-likeness (QED) is 0.0462. The van der Waals surface area contributed by atoms with Crippen molar-refractivity contribution in [1.29, 1.82) is 0 Å². The van der Waals surface area contributed by atoms with Crippen molar-refractivity contribution in [2.75, 3.05) is 18.1 Å². The van der Waals surface area contributed by atoms with Crippen molar-refractivity contribution in [3.8, 4) is 68.2 Å². The molecule has 0 saturated carbocycles. The summed E-state index contributed by atoms with van der Waals surface area (Å²) in [6.45, 7) is 6.39. The van der Waals surface area contributed by atoms with Gasteiger partial charge in [0.05, 0.1) is 34.8 Å². The van der Waals surface area contributed by atoms with E-state index in [1.165, 1.54) is 33.0 Å². The average molecular weight is 1780 g/mol. The van der Waals surface area contributed by atoms with E-state index >= 15 is 24.0 Å². The van der Waals surface area contributed by atoms with Gasteiger partial charge in [-0.15, -0.1) is 0 Å². The number of hydrogen-bond acceptors (Lipinski definition) is 25. The van der Waals surface area contributed by atoms with Crippen LogP contribution in [0.4, 0.5) is 4.79 Å². The second kappa shape index (κ2) is 34.7. The summed E-state index contributed by atoms with van der Waals surface area (Å²) in [4.78, 5) is 135. The maximum atomic E-state index is 16.3. The Bertz CT molecular complexity index is 5090. The van der Waals surface area contributed by atoms with Crippen LogP contribution in [0.5, 0.6) is 46.0 Å². The molecule has 37 heteroatoms. The SMILES string of the molecule is CC(C)C[C@H](C(=O)N[C@H]1C(=O)N[C@@H](CC(N)=O)C(=O)N[C@H]2C(=O)N[C@H]3C(=O)N[C@H](C(=O)N[C@@H](C(=O)O)c4cc(O)cc(O)c4-c4cc3ccc4O)[C@H](O)c3ccc(c(Cl)c3)Oc3cc2cc(c3OC2OC(CI)C(O)C(O)C2OC2CC(C)(N)C(O)C(C)O2)Oc2ccc(cc2Cl)[C@H]1O)N(C)C(=O)OCC1c2ccccc2-c2ccccc21. The van der Waals surface area contributed by atoms with Crippen molar-refractivity contribution >= 4 is 99.2 Å². The van der Waals surface area contributed by atoms with Crippen LogP contribution < -0.4 is 57.6 Å². The number of benzene rings is 7. The van der Waals surface area contributed by atoms with Gasteiger partial charge in [-0.3, -0.25) is 38.5 Å². The third-order valence-electron chi connectivity index (χ3n) is 21.5. The standard InChI is InChI=1S/C81H84Cl2IN9O25/c1-32(2)20-49(93(5)80(111)112-31-45-41-12-8-6-10-39(41)40-11-7-9-13-42(40)45)73(104)91-63-65(98)35-15-18-52(46(82)22-35)114-54-24-37-25-55(69(54)118-79-70(68(101)67(100)56(30-84)116-79)117-58-29-81(4,86)71(102)33(3)113-58)115-53-19-16-36(23-47(53)83)66(99)64-77(108)90-62(78(109)110)44-26-38(94)27-51(96)59(44)43-21-34(14-17-50(43)95)60(74(105)92-64)89-75(106)61(37)88-72(103)48(28-57(85)97)87-76(63)107/h6-19,21-27,32-33,45,48-49,56,58,60-68,70-71,79,94-96,98-102H,20,28-31,86H2,1-5H3,(H2,85,97)(H,87,107)(H,88,103)(H,89,106)(H,90,108)(H,91,104)(H,92,105)(H,109,110)/t33?,48-,49+,56?,58?,60+,61+,62+,63+,64-,65+,66+,67?,68?,70?,71?,79?,81?/m0/s1. The molecule has 15 rings (SSSR count). The molecule has 7 aliphatic heterocycles. The fourth-order valence-electron chi connectivity index (χ4n) is 15.3.